The Balaban J connectivity index is 1.48. The van der Waals surface area contributed by atoms with Crippen molar-refractivity contribution in [3.05, 3.63) is 58.3 Å². The van der Waals surface area contributed by atoms with Crippen molar-refractivity contribution in [2.45, 2.75) is 18.9 Å². The summed E-state index contributed by atoms with van der Waals surface area (Å²) in [6.07, 6.45) is 0.642. The molecule has 0 aliphatic carbocycles. The van der Waals surface area contributed by atoms with Crippen molar-refractivity contribution in [1.82, 2.24) is 15.2 Å². The van der Waals surface area contributed by atoms with Crippen LogP contribution in [0.15, 0.2) is 52.9 Å². The number of benzene rings is 1. The van der Waals surface area contributed by atoms with Crippen LogP contribution >= 0.6 is 11.3 Å². The van der Waals surface area contributed by atoms with Crippen molar-refractivity contribution in [2.24, 2.45) is 5.10 Å². The van der Waals surface area contributed by atoms with Crippen LogP contribution in [0.2, 0.25) is 0 Å². The Morgan fingerprint density at radius 1 is 1.22 bits per heavy atom. The van der Waals surface area contributed by atoms with E-state index in [1.54, 1.807) is 13.0 Å². The molecule has 1 atom stereocenters. The predicted molar refractivity (Wildman–Crippen MR) is 101 cm³/mol. The summed E-state index contributed by atoms with van der Waals surface area (Å²) in [4.78, 5) is 39.5. The molecule has 1 saturated heterocycles. The summed E-state index contributed by atoms with van der Waals surface area (Å²) in [5.74, 6) is -0.797. The molecule has 138 valence electrons. The molecule has 1 aromatic carbocycles. The van der Waals surface area contributed by atoms with Crippen LogP contribution in [0.5, 0.6) is 0 Å². The van der Waals surface area contributed by atoms with Gasteiger partial charge in [0, 0.05) is 11.3 Å². The number of hydrogen-bond acceptors (Lipinski definition) is 5. The molecule has 2 aromatic rings. The van der Waals surface area contributed by atoms with Crippen LogP contribution in [0.25, 0.3) is 0 Å². The maximum atomic E-state index is 12.8. The van der Waals surface area contributed by atoms with Crippen molar-refractivity contribution >= 4 is 34.9 Å². The molecular weight excluding hydrogens is 364 g/mol. The number of nitrogens with one attached hydrogen (secondary N) is 1. The third-order valence-electron chi connectivity index (χ3n) is 4.78. The van der Waals surface area contributed by atoms with Crippen LogP contribution in [-0.4, -0.2) is 46.6 Å². The van der Waals surface area contributed by atoms with E-state index >= 15 is 0 Å². The molecular formula is C19H18N4O3S. The summed E-state index contributed by atoms with van der Waals surface area (Å²) in [6.45, 7) is 1.77. The molecule has 4 rings (SSSR count). The van der Waals surface area contributed by atoms with Crippen LogP contribution in [0.3, 0.4) is 0 Å². The highest BCUT2D eigenvalue weighted by atomic mass is 32.1. The van der Waals surface area contributed by atoms with Crippen LogP contribution in [0.1, 0.15) is 23.8 Å². The van der Waals surface area contributed by atoms with E-state index < -0.39 is 17.5 Å². The number of urea groups is 1. The van der Waals surface area contributed by atoms with Gasteiger partial charge in [0.05, 0.1) is 12.3 Å². The zero-order valence-electron chi connectivity index (χ0n) is 14.7. The van der Waals surface area contributed by atoms with E-state index in [0.717, 1.165) is 21.1 Å². The molecule has 0 radical (unpaired) electrons. The highest BCUT2D eigenvalue weighted by Crippen LogP contribution is 2.31. The minimum atomic E-state index is -1.13. The molecule has 1 unspecified atom stereocenters. The molecule has 8 heteroatoms. The van der Waals surface area contributed by atoms with Crippen molar-refractivity contribution in [3.8, 4) is 0 Å². The van der Waals surface area contributed by atoms with Gasteiger partial charge in [-0.05, 0) is 23.9 Å². The molecule has 1 aromatic heterocycles. The Morgan fingerprint density at radius 3 is 2.70 bits per heavy atom. The number of nitrogens with zero attached hydrogens (tertiary/aromatic N) is 3. The van der Waals surface area contributed by atoms with E-state index in [0.29, 0.717) is 13.0 Å². The second kappa shape index (κ2) is 6.62. The summed E-state index contributed by atoms with van der Waals surface area (Å²) < 4.78 is 0. The van der Waals surface area contributed by atoms with E-state index in [2.05, 4.69) is 10.4 Å². The lowest BCUT2D eigenvalue weighted by molar-refractivity contribution is -0.138. The van der Waals surface area contributed by atoms with E-state index in [1.165, 1.54) is 16.3 Å². The van der Waals surface area contributed by atoms with E-state index in [1.807, 2.05) is 41.8 Å². The second-order valence-corrected chi connectivity index (χ2v) is 7.55. The van der Waals surface area contributed by atoms with Gasteiger partial charge in [0.25, 0.3) is 11.8 Å². The number of carbonyl (C=O) groups is 3. The summed E-state index contributed by atoms with van der Waals surface area (Å²) in [7, 11) is 0. The first-order valence-electron chi connectivity index (χ1n) is 8.60. The fraction of sp³-hybridized carbons (Fsp3) is 0.263. The molecule has 2 aliphatic rings. The molecule has 4 amide bonds. The van der Waals surface area contributed by atoms with Gasteiger partial charge in [-0.2, -0.15) is 5.10 Å². The molecule has 27 heavy (non-hydrogen) atoms. The number of carbonyl (C=O) groups excluding carboxylic acids is 3. The number of hydrazone groups is 1. The van der Waals surface area contributed by atoms with Gasteiger partial charge in [0.1, 0.15) is 6.54 Å². The summed E-state index contributed by atoms with van der Waals surface area (Å²) in [6, 6.07) is 12.7. The number of rotatable bonds is 4. The van der Waals surface area contributed by atoms with E-state index in [4.69, 9.17) is 0 Å². The van der Waals surface area contributed by atoms with E-state index in [9.17, 15) is 14.4 Å². The minimum absolute atomic E-state index is 0.322. The first-order valence-corrected chi connectivity index (χ1v) is 9.48. The molecule has 0 bridgehead atoms. The topological polar surface area (TPSA) is 82.1 Å². The van der Waals surface area contributed by atoms with Gasteiger partial charge in [0.15, 0.2) is 5.54 Å². The van der Waals surface area contributed by atoms with Gasteiger partial charge >= 0.3 is 6.03 Å². The molecule has 1 fully saturated rings. The molecule has 0 spiro atoms. The average molecular weight is 382 g/mol. The maximum Gasteiger partial charge on any atom is 0.325 e. The fourth-order valence-electron chi connectivity index (χ4n) is 3.26. The lowest BCUT2D eigenvalue weighted by atomic mass is 10.0. The lowest BCUT2D eigenvalue weighted by Gasteiger charge is -2.20. The second-order valence-electron chi connectivity index (χ2n) is 6.60. The SMILES string of the molecule is CC1(c2cccs2)NC(=O)N(CC(=O)N2CCC(c3ccccc3)=N2)C1=O. The van der Waals surface area contributed by atoms with Gasteiger partial charge in [-0.15, -0.1) is 11.3 Å². The molecule has 1 N–H and O–H groups in total. The summed E-state index contributed by atoms with van der Waals surface area (Å²) in [5.41, 5.74) is 0.660. The average Bonchev–Trinajstić information content (AvgIpc) is 3.41. The van der Waals surface area contributed by atoms with Crippen LogP contribution < -0.4 is 5.32 Å². The normalized spacial score (nSPS) is 22.2. The smallest absolute Gasteiger partial charge is 0.319 e. The highest BCUT2D eigenvalue weighted by molar-refractivity contribution is 7.10. The molecule has 7 nitrogen and oxygen atoms in total. The number of amides is 4. The van der Waals surface area contributed by atoms with E-state index in [-0.39, 0.29) is 12.5 Å². The third kappa shape index (κ3) is 3.02. The van der Waals surface area contributed by atoms with Crippen molar-refractivity contribution < 1.29 is 14.4 Å². The molecule has 3 heterocycles. The van der Waals surface area contributed by atoms with Crippen molar-refractivity contribution in [3.63, 3.8) is 0 Å². The van der Waals surface area contributed by atoms with Gasteiger partial charge < -0.3 is 5.32 Å². The summed E-state index contributed by atoms with van der Waals surface area (Å²) >= 11 is 1.39. The Labute approximate surface area is 160 Å². The quantitative estimate of drug-likeness (QED) is 0.823. The van der Waals surface area contributed by atoms with Gasteiger partial charge in [-0.3, -0.25) is 14.5 Å². The standard InChI is InChI=1S/C19H18N4O3S/c1-19(15-8-5-11-27-15)17(25)22(18(26)20-19)12-16(24)23-10-9-14(21-23)13-6-3-2-4-7-13/h2-8,11H,9-10,12H2,1H3,(H,20,26). The molecule has 2 aliphatic heterocycles. The number of thiophene rings is 1. The maximum absolute atomic E-state index is 12.8. The first kappa shape index (κ1) is 17.4. The van der Waals surface area contributed by atoms with Crippen LogP contribution in [0.4, 0.5) is 4.79 Å². The summed E-state index contributed by atoms with van der Waals surface area (Å²) in [5, 5.41) is 10.3. The zero-order valence-corrected chi connectivity index (χ0v) is 15.5. The van der Waals surface area contributed by atoms with Gasteiger partial charge in [-0.25, -0.2) is 9.80 Å². The largest absolute Gasteiger partial charge is 0.325 e. The first-order chi connectivity index (χ1) is 13.0. The minimum Gasteiger partial charge on any atom is -0.319 e. The third-order valence-corrected chi connectivity index (χ3v) is 5.87. The monoisotopic (exact) mass is 382 g/mol. The Morgan fingerprint density at radius 2 is 2.00 bits per heavy atom. The van der Waals surface area contributed by atoms with Gasteiger partial charge in [-0.1, -0.05) is 36.4 Å². The highest BCUT2D eigenvalue weighted by Gasteiger charge is 2.50. The zero-order chi connectivity index (χ0) is 19.0. The Kier molecular flexibility index (Phi) is 4.27. The Bertz CT molecular complexity index is 926. The number of imide groups is 1. The van der Waals surface area contributed by atoms with Crippen LogP contribution in [0, 0.1) is 0 Å². The Hall–Kier alpha value is -3.00. The fourth-order valence-corrected chi connectivity index (χ4v) is 4.09. The van der Waals surface area contributed by atoms with Crippen LogP contribution in [-0.2, 0) is 15.1 Å². The van der Waals surface area contributed by atoms with Crippen molar-refractivity contribution in [2.75, 3.05) is 13.1 Å². The van der Waals surface area contributed by atoms with Gasteiger partial charge in [0.2, 0.25) is 0 Å². The predicted octanol–water partition coefficient (Wildman–Crippen LogP) is 2.15. The number of hydrogen-bond donors (Lipinski definition) is 1. The van der Waals surface area contributed by atoms with Crippen molar-refractivity contribution in [1.29, 1.82) is 0 Å². The molecule has 0 saturated carbocycles. The lowest BCUT2D eigenvalue weighted by Crippen LogP contribution is -2.42.